The summed E-state index contributed by atoms with van der Waals surface area (Å²) in [5.41, 5.74) is 5.28. The fraction of sp³-hybridized carbons (Fsp3) is 0.348. The molecular formula is C23H28N6O. The number of aromatic nitrogens is 3. The predicted molar refractivity (Wildman–Crippen MR) is 117 cm³/mol. The van der Waals surface area contributed by atoms with Crippen LogP contribution in [0.25, 0.3) is 0 Å². The van der Waals surface area contributed by atoms with Gasteiger partial charge in [-0.15, -0.1) is 0 Å². The van der Waals surface area contributed by atoms with Gasteiger partial charge in [-0.3, -0.25) is 14.6 Å². The van der Waals surface area contributed by atoms with Crippen molar-refractivity contribution in [2.45, 2.75) is 26.9 Å². The summed E-state index contributed by atoms with van der Waals surface area (Å²) in [6, 6.07) is 14.1. The van der Waals surface area contributed by atoms with Gasteiger partial charge in [0.25, 0.3) is 0 Å². The number of hydrogen-bond donors (Lipinski definition) is 1. The summed E-state index contributed by atoms with van der Waals surface area (Å²) in [5.74, 6) is 0. The quantitative estimate of drug-likeness (QED) is 0.709. The maximum Gasteiger partial charge on any atom is 0.321 e. The number of carbonyl (C=O) groups is 1. The van der Waals surface area contributed by atoms with E-state index in [1.807, 2.05) is 47.0 Å². The van der Waals surface area contributed by atoms with Crippen LogP contribution in [0.2, 0.25) is 0 Å². The molecule has 1 aliphatic rings. The monoisotopic (exact) mass is 404 g/mol. The normalized spacial score (nSPS) is 14.7. The van der Waals surface area contributed by atoms with Crippen molar-refractivity contribution >= 4 is 11.7 Å². The lowest BCUT2D eigenvalue weighted by atomic mass is 10.2. The molecule has 7 nitrogen and oxygen atoms in total. The molecule has 0 spiro atoms. The number of anilines is 1. The molecule has 2 amide bonds. The first-order chi connectivity index (χ1) is 14.6. The molecule has 1 N–H and O–H groups in total. The zero-order chi connectivity index (χ0) is 20.9. The van der Waals surface area contributed by atoms with Crippen LogP contribution in [0.5, 0.6) is 0 Å². The van der Waals surface area contributed by atoms with E-state index in [4.69, 9.17) is 0 Å². The summed E-state index contributed by atoms with van der Waals surface area (Å²) in [4.78, 5) is 21.1. The highest BCUT2D eigenvalue weighted by Crippen LogP contribution is 2.15. The average molecular weight is 405 g/mol. The summed E-state index contributed by atoms with van der Waals surface area (Å²) in [6.45, 7) is 8.78. The van der Waals surface area contributed by atoms with Crippen LogP contribution in [-0.2, 0) is 13.1 Å². The van der Waals surface area contributed by atoms with Gasteiger partial charge in [0.1, 0.15) is 0 Å². The van der Waals surface area contributed by atoms with E-state index < -0.39 is 0 Å². The molecule has 0 aliphatic carbocycles. The van der Waals surface area contributed by atoms with Crippen LogP contribution in [0, 0.1) is 13.8 Å². The van der Waals surface area contributed by atoms with E-state index in [0.29, 0.717) is 6.54 Å². The number of carbonyl (C=O) groups excluding carboxylic acids is 1. The summed E-state index contributed by atoms with van der Waals surface area (Å²) < 4.78 is 1.98. The van der Waals surface area contributed by atoms with Crippen molar-refractivity contribution in [2.75, 3.05) is 31.5 Å². The first kappa shape index (κ1) is 20.1. The van der Waals surface area contributed by atoms with E-state index in [9.17, 15) is 4.79 Å². The average Bonchev–Trinajstić information content (AvgIpc) is 3.06. The number of rotatable bonds is 5. The molecule has 0 bridgehead atoms. The summed E-state index contributed by atoms with van der Waals surface area (Å²) >= 11 is 0. The van der Waals surface area contributed by atoms with Gasteiger partial charge in [-0.1, -0.05) is 18.2 Å². The van der Waals surface area contributed by atoms with Crippen molar-refractivity contribution in [3.8, 4) is 0 Å². The van der Waals surface area contributed by atoms with Crippen LogP contribution in [0.4, 0.5) is 10.5 Å². The summed E-state index contributed by atoms with van der Waals surface area (Å²) in [5, 5.41) is 7.57. The fourth-order valence-corrected chi connectivity index (χ4v) is 3.82. The molecule has 30 heavy (non-hydrogen) atoms. The molecule has 0 saturated carbocycles. The van der Waals surface area contributed by atoms with E-state index in [-0.39, 0.29) is 6.03 Å². The van der Waals surface area contributed by atoms with Gasteiger partial charge >= 0.3 is 6.03 Å². The number of nitrogens with zero attached hydrogens (tertiary/aromatic N) is 5. The van der Waals surface area contributed by atoms with Crippen molar-refractivity contribution in [3.05, 3.63) is 77.4 Å². The molecule has 0 unspecified atom stereocenters. The lowest BCUT2D eigenvalue weighted by Crippen LogP contribution is -2.49. The molecular weight excluding hydrogens is 376 g/mol. The minimum absolute atomic E-state index is 0.0423. The van der Waals surface area contributed by atoms with Gasteiger partial charge in [0.2, 0.25) is 0 Å². The van der Waals surface area contributed by atoms with Gasteiger partial charge in [0, 0.05) is 56.5 Å². The Morgan fingerprint density at radius 3 is 2.50 bits per heavy atom. The van der Waals surface area contributed by atoms with Crippen molar-refractivity contribution in [2.24, 2.45) is 0 Å². The van der Waals surface area contributed by atoms with Gasteiger partial charge < -0.3 is 10.2 Å². The Morgan fingerprint density at radius 1 is 1.00 bits per heavy atom. The Balaban J connectivity index is 1.30. The van der Waals surface area contributed by atoms with E-state index >= 15 is 0 Å². The van der Waals surface area contributed by atoms with Crippen molar-refractivity contribution < 1.29 is 4.79 Å². The van der Waals surface area contributed by atoms with Crippen LogP contribution in [0.3, 0.4) is 0 Å². The molecule has 1 aliphatic heterocycles. The molecule has 2 aromatic heterocycles. The molecule has 1 aromatic carbocycles. The number of urea groups is 1. The number of pyridine rings is 1. The van der Waals surface area contributed by atoms with Crippen LogP contribution in [-0.4, -0.2) is 56.8 Å². The molecule has 4 rings (SSSR count). The summed E-state index contributed by atoms with van der Waals surface area (Å²) in [7, 11) is 0. The third-order valence-electron chi connectivity index (χ3n) is 5.40. The van der Waals surface area contributed by atoms with Gasteiger partial charge in [-0.2, -0.15) is 5.10 Å². The van der Waals surface area contributed by atoms with Gasteiger partial charge in [0.15, 0.2) is 0 Å². The third-order valence-corrected chi connectivity index (χ3v) is 5.40. The van der Waals surface area contributed by atoms with E-state index in [2.05, 4.69) is 45.4 Å². The Bertz CT molecular complexity index is 992. The minimum atomic E-state index is -0.0423. The van der Waals surface area contributed by atoms with Crippen LogP contribution >= 0.6 is 0 Å². The Hall–Kier alpha value is -3.19. The Morgan fingerprint density at radius 2 is 1.80 bits per heavy atom. The largest absolute Gasteiger partial charge is 0.322 e. The van der Waals surface area contributed by atoms with E-state index in [0.717, 1.165) is 55.4 Å². The molecule has 0 atom stereocenters. The number of aryl methyl sites for hydroxylation is 2. The molecule has 3 aromatic rings. The molecule has 7 heteroatoms. The molecule has 1 saturated heterocycles. The number of hydrogen-bond acceptors (Lipinski definition) is 4. The standard InChI is InChI=1S/C23H28N6O/c1-18-13-19(2)29(26-18)17-20-5-3-7-22(14-20)25-23(30)28-11-9-27(10-12-28)16-21-6-4-8-24-15-21/h3-8,13-15H,9-12,16-17H2,1-2H3,(H,25,30). The highest BCUT2D eigenvalue weighted by Gasteiger charge is 2.21. The van der Waals surface area contributed by atoms with E-state index in [1.54, 1.807) is 6.20 Å². The highest BCUT2D eigenvalue weighted by atomic mass is 16.2. The smallest absolute Gasteiger partial charge is 0.321 e. The van der Waals surface area contributed by atoms with E-state index in [1.165, 1.54) is 5.56 Å². The second-order valence-corrected chi connectivity index (χ2v) is 7.84. The van der Waals surface area contributed by atoms with Gasteiger partial charge in [-0.25, -0.2) is 4.79 Å². The maximum atomic E-state index is 12.7. The third kappa shape index (κ3) is 5.04. The Kier molecular flexibility index (Phi) is 6.09. The predicted octanol–water partition coefficient (Wildman–Crippen LogP) is 3.29. The second kappa shape index (κ2) is 9.09. The van der Waals surface area contributed by atoms with Gasteiger partial charge in [0.05, 0.1) is 12.2 Å². The van der Waals surface area contributed by atoms with Crippen molar-refractivity contribution in [1.82, 2.24) is 24.6 Å². The van der Waals surface area contributed by atoms with Gasteiger partial charge in [-0.05, 0) is 49.2 Å². The fourth-order valence-electron chi connectivity index (χ4n) is 3.82. The molecule has 1 fully saturated rings. The number of benzene rings is 1. The second-order valence-electron chi connectivity index (χ2n) is 7.84. The maximum absolute atomic E-state index is 12.7. The molecule has 3 heterocycles. The minimum Gasteiger partial charge on any atom is -0.322 e. The number of amides is 2. The molecule has 156 valence electrons. The number of nitrogens with one attached hydrogen (secondary N) is 1. The first-order valence-electron chi connectivity index (χ1n) is 10.3. The number of piperazine rings is 1. The zero-order valence-corrected chi connectivity index (χ0v) is 17.6. The molecule has 0 radical (unpaired) electrons. The summed E-state index contributed by atoms with van der Waals surface area (Å²) in [6.07, 6.45) is 3.69. The lowest BCUT2D eigenvalue weighted by molar-refractivity contribution is 0.143. The SMILES string of the molecule is Cc1cc(C)n(Cc2cccc(NC(=O)N3CCN(Cc4cccnc4)CC3)c2)n1. The highest BCUT2D eigenvalue weighted by molar-refractivity contribution is 5.89. The van der Waals surface area contributed by atoms with Crippen LogP contribution in [0.1, 0.15) is 22.5 Å². The van der Waals surface area contributed by atoms with Crippen LogP contribution in [0.15, 0.2) is 54.9 Å². The van der Waals surface area contributed by atoms with Crippen LogP contribution < -0.4 is 5.32 Å². The lowest BCUT2D eigenvalue weighted by Gasteiger charge is -2.34. The van der Waals surface area contributed by atoms with Crippen molar-refractivity contribution in [3.63, 3.8) is 0 Å². The first-order valence-corrected chi connectivity index (χ1v) is 10.3. The zero-order valence-electron chi connectivity index (χ0n) is 17.6. The van der Waals surface area contributed by atoms with Crippen molar-refractivity contribution in [1.29, 1.82) is 0 Å². The Labute approximate surface area is 177 Å². The topological polar surface area (TPSA) is 66.3 Å².